The van der Waals surface area contributed by atoms with Crippen LogP contribution in [0.2, 0.25) is 0 Å². The fourth-order valence-electron chi connectivity index (χ4n) is 2.63. The van der Waals surface area contributed by atoms with Crippen molar-refractivity contribution in [3.8, 4) is 17.2 Å². The van der Waals surface area contributed by atoms with Crippen LogP contribution in [0.5, 0.6) is 17.2 Å². The first-order valence-electron chi connectivity index (χ1n) is 7.58. The van der Waals surface area contributed by atoms with Crippen molar-refractivity contribution in [1.82, 2.24) is 4.98 Å². The highest BCUT2D eigenvalue weighted by Crippen LogP contribution is 2.35. The Hall–Kier alpha value is -3.01. The van der Waals surface area contributed by atoms with Crippen molar-refractivity contribution in [1.29, 1.82) is 0 Å². The van der Waals surface area contributed by atoms with Gasteiger partial charge >= 0.3 is 0 Å². The van der Waals surface area contributed by atoms with E-state index in [1.165, 1.54) is 0 Å². The molecule has 4 heteroatoms. The number of benzene rings is 2. The monoisotopic (exact) mass is 321 g/mol. The predicted octanol–water partition coefficient (Wildman–Crippen LogP) is 4.43. The summed E-state index contributed by atoms with van der Waals surface area (Å²) < 4.78 is 16.1. The molecule has 24 heavy (non-hydrogen) atoms. The summed E-state index contributed by atoms with van der Waals surface area (Å²) in [7, 11) is 4.85. The maximum atomic E-state index is 5.46. The molecule has 2 aromatic carbocycles. The van der Waals surface area contributed by atoms with Crippen LogP contribution in [0.1, 0.15) is 11.3 Å². The fourth-order valence-corrected chi connectivity index (χ4v) is 2.63. The number of aromatic nitrogens is 1. The Balaban J connectivity index is 2.05. The molecule has 0 N–H and O–H groups in total. The van der Waals surface area contributed by atoms with Crippen molar-refractivity contribution in [3.05, 3.63) is 59.9 Å². The molecule has 0 bridgehead atoms. The molecule has 0 saturated carbocycles. The van der Waals surface area contributed by atoms with Gasteiger partial charge in [-0.25, -0.2) is 0 Å². The van der Waals surface area contributed by atoms with Crippen LogP contribution in [-0.2, 0) is 0 Å². The van der Waals surface area contributed by atoms with Gasteiger partial charge in [-0.2, -0.15) is 0 Å². The molecule has 0 aliphatic carbocycles. The largest absolute Gasteiger partial charge is 0.496 e. The molecule has 3 aromatic rings. The Labute approximate surface area is 141 Å². The summed E-state index contributed by atoms with van der Waals surface area (Å²) >= 11 is 0. The summed E-state index contributed by atoms with van der Waals surface area (Å²) in [4.78, 5) is 4.47. The fraction of sp³-hybridized carbons (Fsp3) is 0.150. The molecule has 0 radical (unpaired) electrons. The molecular formula is C20H19NO3. The minimum atomic E-state index is 0.634. The van der Waals surface area contributed by atoms with Crippen molar-refractivity contribution in [3.63, 3.8) is 0 Å². The molecule has 4 nitrogen and oxygen atoms in total. The molecule has 0 amide bonds. The quantitative estimate of drug-likeness (QED) is 0.697. The van der Waals surface area contributed by atoms with Crippen LogP contribution in [0.3, 0.4) is 0 Å². The molecule has 3 rings (SSSR count). The van der Waals surface area contributed by atoms with Crippen molar-refractivity contribution in [2.75, 3.05) is 21.3 Å². The van der Waals surface area contributed by atoms with E-state index < -0.39 is 0 Å². The third kappa shape index (κ3) is 3.04. The highest BCUT2D eigenvalue weighted by molar-refractivity contribution is 5.91. The molecule has 0 aliphatic rings. The number of pyridine rings is 1. The van der Waals surface area contributed by atoms with Gasteiger partial charge in [0.15, 0.2) is 11.5 Å². The molecule has 0 saturated heterocycles. The van der Waals surface area contributed by atoms with E-state index in [1.807, 2.05) is 48.7 Å². The van der Waals surface area contributed by atoms with E-state index in [0.717, 1.165) is 22.0 Å². The number of hydrogen-bond acceptors (Lipinski definition) is 4. The van der Waals surface area contributed by atoms with Crippen LogP contribution in [0, 0.1) is 0 Å². The summed E-state index contributed by atoms with van der Waals surface area (Å²) in [5, 5.41) is 2.27. The lowest BCUT2D eigenvalue weighted by Crippen LogP contribution is -1.94. The van der Waals surface area contributed by atoms with Crippen LogP contribution in [-0.4, -0.2) is 26.3 Å². The zero-order valence-electron chi connectivity index (χ0n) is 13.9. The Morgan fingerprint density at radius 1 is 0.792 bits per heavy atom. The van der Waals surface area contributed by atoms with Gasteiger partial charge in [-0.05, 0) is 29.7 Å². The lowest BCUT2D eigenvalue weighted by atomic mass is 10.1. The highest BCUT2D eigenvalue weighted by Gasteiger charge is 2.10. The van der Waals surface area contributed by atoms with E-state index in [-0.39, 0.29) is 0 Å². The van der Waals surface area contributed by atoms with Gasteiger partial charge in [-0.1, -0.05) is 24.3 Å². The zero-order valence-corrected chi connectivity index (χ0v) is 13.9. The molecular weight excluding hydrogens is 302 g/mol. The smallest absolute Gasteiger partial charge is 0.164 e. The van der Waals surface area contributed by atoms with E-state index in [4.69, 9.17) is 14.2 Å². The van der Waals surface area contributed by atoms with Gasteiger partial charge in [0.1, 0.15) is 5.75 Å². The van der Waals surface area contributed by atoms with E-state index in [0.29, 0.717) is 17.2 Å². The summed E-state index contributed by atoms with van der Waals surface area (Å²) in [6.45, 7) is 0. The second-order valence-corrected chi connectivity index (χ2v) is 5.20. The Morgan fingerprint density at radius 3 is 2.25 bits per heavy atom. The van der Waals surface area contributed by atoms with Gasteiger partial charge < -0.3 is 14.2 Å². The summed E-state index contributed by atoms with van der Waals surface area (Å²) in [6, 6.07) is 13.9. The first kappa shape index (κ1) is 15.9. The van der Waals surface area contributed by atoms with Gasteiger partial charge in [0, 0.05) is 23.2 Å². The number of methoxy groups -OCH3 is 3. The Kier molecular flexibility index (Phi) is 4.66. The van der Waals surface area contributed by atoms with Crippen LogP contribution >= 0.6 is 0 Å². The van der Waals surface area contributed by atoms with Crippen LogP contribution in [0.4, 0.5) is 0 Å². The van der Waals surface area contributed by atoms with E-state index in [2.05, 4.69) is 17.1 Å². The third-order valence-electron chi connectivity index (χ3n) is 3.86. The summed E-state index contributed by atoms with van der Waals surface area (Å²) in [6.07, 6.45) is 5.76. The van der Waals surface area contributed by atoms with Gasteiger partial charge in [0.05, 0.1) is 27.0 Å². The number of rotatable bonds is 5. The average molecular weight is 321 g/mol. The molecule has 0 atom stereocenters. The summed E-state index contributed by atoms with van der Waals surface area (Å²) in [5.74, 6) is 2.00. The van der Waals surface area contributed by atoms with Crippen LogP contribution in [0.25, 0.3) is 22.9 Å². The van der Waals surface area contributed by atoms with Crippen molar-refractivity contribution in [2.24, 2.45) is 0 Å². The average Bonchev–Trinajstić information content (AvgIpc) is 2.65. The minimum absolute atomic E-state index is 0.634. The first-order chi connectivity index (χ1) is 11.8. The molecule has 122 valence electrons. The lowest BCUT2D eigenvalue weighted by molar-refractivity contribution is 0.348. The standard InChI is InChI=1S/C20H19NO3/c1-22-18-13-20(24-3)19(23-2)12-15(18)8-9-17-16-7-5-4-6-14(16)10-11-21-17/h4-13H,1-3H3/b9-8+. The maximum Gasteiger partial charge on any atom is 0.164 e. The van der Waals surface area contributed by atoms with Crippen LogP contribution < -0.4 is 14.2 Å². The van der Waals surface area contributed by atoms with E-state index in [1.54, 1.807) is 21.3 Å². The maximum absolute atomic E-state index is 5.46. The molecule has 0 unspecified atom stereocenters. The van der Waals surface area contributed by atoms with Crippen LogP contribution in [0.15, 0.2) is 48.7 Å². The third-order valence-corrected chi connectivity index (χ3v) is 3.86. The lowest BCUT2D eigenvalue weighted by Gasteiger charge is -2.12. The number of hydrogen-bond donors (Lipinski definition) is 0. The second-order valence-electron chi connectivity index (χ2n) is 5.20. The topological polar surface area (TPSA) is 40.6 Å². The van der Waals surface area contributed by atoms with E-state index in [9.17, 15) is 0 Å². The minimum Gasteiger partial charge on any atom is -0.496 e. The molecule has 0 fully saturated rings. The Bertz CT molecular complexity index is 882. The number of fused-ring (bicyclic) bond motifs is 1. The SMILES string of the molecule is COc1cc(OC)c(OC)cc1/C=C/c1nccc2ccccc12. The zero-order chi connectivity index (χ0) is 16.9. The van der Waals surface area contributed by atoms with Gasteiger partial charge in [0.25, 0.3) is 0 Å². The van der Waals surface area contributed by atoms with Crippen molar-refractivity contribution in [2.45, 2.75) is 0 Å². The molecule has 1 heterocycles. The number of nitrogens with zero attached hydrogens (tertiary/aromatic N) is 1. The Morgan fingerprint density at radius 2 is 1.50 bits per heavy atom. The first-order valence-corrected chi connectivity index (χ1v) is 7.58. The van der Waals surface area contributed by atoms with Gasteiger partial charge in [0.2, 0.25) is 0 Å². The van der Waals surface area contributed by atoms with Crippen molar-refractivity contribution < 1.29 is 14.2 Å². The molecule has 1 aromatic heterocycles. The number of ether oxygens (including phenoxy) is 3. The van der Waals surface area contributed by atoms with Gasteiger partial charge in [-0.15, -0.1) is 0 Å². The predicted molar refractivity (Wildman–Crippen MR) is 96.8 cm³/mol. The molecule has 0 spiro atoms. The van der Waals surface area contributed by atoms with E-state index >= 15 is 0 Å². The summed E-state index contributed by atoms with van der Waals surface area (Å²) in [5.41, 5.74) is 1.80. The van der Waals surface area contributed by atoms with Crippen molar-refractivity contribution >= 4 is 22.9 Å². The second kappa shape index (κ2) is 7.04. The van der Waals surface area contributed by atoms with Gasteiger partial charge in [-0.3, -0.25) is 4.98 Å². The normalized spacial score (nSPS) is 11.0. The molecule has 0 aliphatic heterocycles. The highest BCUT2D eigenvalue weighted by atomic mass is 16.5.